The number of carbonyl (C=O) groups is 1. The van der Waals surface area contributed by atoms with Gasteiger partial charge in [-0.25, -0.2) is 4.98 Å². The number of ether oxygens (including phenoxy) is 1. The molecule has 1 fully saturated rings. The van der Waals surface area contributed by atoms with Gasteiger partial charge in [0.15, 0.2) is 0 Å². The molecule has 0 spiro atoms. The summed E-state index contributed by atoms with van der Waals surface area (Å²) in [4.78, 5) is 20.5. The third-order valence-corrected chi connectivity index (χ3v) is 7.27. The highest BCUT2D eigenvalue weighted by molar-refractivity contribution is 7.23. The fraction of sp³-hybridized carbons (Fsp3) is 0.333. The fourth-order valence-corrected chi connectivity index (χ4v) is 5.40. The van der Waals surface area contributed by atoms with E-state index in [0.29, 0.717) is 5.69 Å². The van der Waals surface area contributed by atoms with E-state index in [1.165, 1.54) is 28.2 Å². The largest absolute Gasteiger partial charge is 0.496 e. The molecule has 0 bridgehead atoms. The van der Waals surface area contributed by atoms with E-state index in [-0.39, 0.29) is 11.9 Å². The van der Waals surface area contributed by atoms with Crippen molar-refractivity contribution in [2.75, 3.05) is 20.2 Å². The number of methoxy groups -OCH3 is 1. The van der Waals surface area contributed by atoms with Crippen molar-refractivity contribution in [2.24, 2.45) is 0 Å². The van der Waals surface area contributed by atoms with Gasteiger partial charge in [0, 0.05) is 36.6 Å². The van der Waals surface area contributed by atoms with Gasteiger partial charge in [0.1, 0.15) is 16.5 Å². The van der Waals surface area contributed by atoms with Crippen molar-refractivity contribution < 1.29 is 9.53 Å². The average molecular weight is 448 g/mol. The molecule has 8 heteroatoms. The predicted molar refractivity (Wildman–Crippen MR) is 119 cm³/mol. The van der Waals surface area contributed by atoms with Crippen LogP contribution in [-0.4, -0.2) is 42.0 Å². The number of nitrogens with one attached hydrogen (secondary N) is 1. The van der Waals surface area contributed by atoms with Gasteiger partial charge in [-0.1, -0.05) is 29.8 Å². The number of aromatic nitrogens is 1. The van der Waals surface area contributed by atoms with Crippen molar-refractivity contribution in [3.63, 3.8) is 0 Å². The monoisotopic (exact) mass is 447 g/mol. The van der Waals surface area contributed by atoms with Gasteiger partial charge in [0.2, 0.25) is 0 Å². The standard InChI is InChI=1S/C21H22ClN3O2S2/c1-27-17-5-3-2-4-14(17)12-25-10-8-15(9-11-25)23-20(26)16-13-28-21(24-16)18-6-7-19(22)29-18/h2-7,13,15H,8-12H2,1H3,(H,23,26). The Morgan fingerprint density at radius 1 is 1.28 bits per heavy atom. The second-order valence-electron chi connectivity index (χ2n) is 6.98. The van der Waals surface area contributed by atoms with E-state index < -0.39 is 0 Å². The number of benzene rings is 1. The molecule has 29 heavy (non-hydrogen) atoms. The molecule has 1 N–H and O–H groups in total. The Bertz CT molecular complexity index is 980. The first-order valence-corrected chi connectivity index (χ1v) is 11.6. The Hall–Kier alpha value is -1.93. The second-order valence-corrected chi connectivity index (χ2v) is 9.55. The number of hydrogen-bond acceptors (Lipinski definition) is 6. The Labute approximate surface area is 183 Å². The van der Waals surface area contributed by atoms with Crippen LogP contribution in [0.5, 0.6) is 5.75 Å². The molecule has 152 valence electrons. The fourth-order valence-electron chi connectivity index (χ4n) is 3.49. The van der Waals surface area contributed by atoms with Crippen molar-refractivity contribution in [1.82, 2.24) is 15.2 Å². The first-order valence-electron chi connectivity index (χ1n) is 9.48. The topological polar surface area (TPSA) is 54.5 Å². The highest BCUT2D eigenvalue weighted by atomic mass is 35.5. The van der Waals surface area contributed by atoms with Crippen LogP contribution in [-0.2, 0) is 6.54 Å². The maximum atomic E-state index is 12.6. The molecule has 0 saturated carbocycles. The summed E-state index contributed by atoms with van der Waals surface area (Å²) in [6, 6.07) is 12.1. The van der Waals surface area contributed by atoms with E-state index in [2.05, 4.69) is 21.3 Å². The van der Waals surface area contributed by atoms with Crippen molar-refractivity contribution in [3.8, 4) is 15.6 Å². The maximum absolute atomic E-state index is 12.6. The van der Waals surface area contributed by atoms with Crippen molar-refractivity contribution in [3.05, 3.63) is 57.4 Å². The summed E-state index contributed by atoms with van der Waals surface area (Å²) in [6.45, 7) is 2.75. The van der Waals surface area contributed by atoms with E-state index in [1.54, 1.807) is 7.11 Å². The minimum atomic E-state index is -0.0988. The number of thiophene rings is 1. The van der Waals surface area contributed by atoms with E-state index in [1.807, 2.05) is 35.7 Å². The van der Waals surface area contributed by atoms with Crippen LogP contribution < -0.4 is 10.1 Å². The van der Waals surface area contributed by atoms with Crippen LogP contribution in [0.25, 0.3) is 9.88 Å². The third-order valence-electron chi connectivity index (χ3n) is 5.03. The van der Waals surface area contributed by atoms with Gasteiger partial charge in [-0.2, -0.15) is 0 Å². The summed E-state index contributed by atoms with van der Waals surface area (Å²) in [6.07, 6.45) is 1.86. The summed E-state index contributed by atoms with van der Waals surface area (Å²) in [7, 11) is 1.71. The van der Waals surface area contributed by atoms with Crippen LogP contribution in [0.2, 0.25) is 4.34 Å². The van der Waals surface area contributed by atoms with Gasteiger partial charge in [-0.15, -0.1) is 22.7 Å². The minimum absolute atomic E-state index is 0.0988. The third kappa shape index (κ3) is 4.98. The summed E-state index contributed by atoms with van der Waals surface area (Å²) in [5.41, 5.74) is 1.67. The van der Waals surface area contributed by atoms with Crippen molar-refractivity contribution in [2.45, 2.75) is 25.4 Å². The van der Waals surface area contributed by atoms with E-state index in [4.69, 9.17) is 16.3 Å². The number of para-hydroxylation sites is 1. The molecule has 0 unspecified atom stereocenters. The number of likely N-dealkylation sites (tertiary alicyclic amines) is 1. The van der Waals surface area contributed by atoms with Gasteiger partial charge in [-0.05, 0) is 31.0 Å². The molecule has 3 heterocycles. The first-order chi connectivity index (χ1) is 14.1. The number of hydrogen-bond donors (Lipinski definition) is 1. The molecule has 0 atom stereocenters. The van der Waals surface area contributed by atoms with Crippen LogP contribution in [0.15, 0.2) is 41.8 Å². The van der Waals surface area contributed by atoms with Gasteiger partial charge in [0.05, 0.1) is 16.3 Å². The Balaban J connectivity index is 1.29. The zero-order valence-corrected chi connectivity index (χ0v) is 18.4. The lowest BCUT2D eigenvalue weighted by atomic mass is 10.0. The van der Waals surface area contributed by atoms with Crippen LogP contribution in [0.4, 0.5) is 0 Å². The number of amides is 1. The molecule has 1 aliphatic heterocycles. The van der Waals surface area contributed by atoms with Gasteiger partial charge < -0.3 is 10.1 Å². The molecule has 0 aliphatic carbocycles. The lowest BCUT2D eigenvalue weighted by molar-refractivity contribution is 0.0904. The van der Waals surface area contributed by atoms with Crippen LogP contribution in [0.1, 0.15) is 28.9 Å². The molecule has 1 amide bonds. The molecule has 2 aromatic heterocycles. The lowest BCUT2D eigenvalue weighted by Gasteiger charge is -2.32. The number of halogens is 1. The molecule has 1 saturated heterocycles. The van der Waals surface area contributed by atoms with Gasteiger partial charge >= 0.3 is 0 Å². The van der Waals surface area contributed by atoms with Crippen molar-refractivity contribution >= 4 is 40.2 Å². The summed E-state index contributed by atoms with van der Waals surface area (Å²) < 4.78 is 6.17. The molecule has 3 aromatic rings. The van der Waals surface area contributed by atoms with E-state index >= 15 is 0 Å². The first kappa shape index (κ1) is 20.3. The summed E-state index contributed by atoms with van der Waals surface area (Å²) in [5.74, 6) is 0.827. The Morgan fingerprint density at radius 2 is 2.07 bits per heavy atom. The average Bonchev–Trinajstić information content (AvgIpc) is 3.39. The van der Waals surface area contributed by atoms with Crippen molar-refractivity contribution in [1.29, 1.82) is 0 Å². The summed E-state index contributed by atoms with van der Waals surface area (Å²) in [5, 5.41) is 5.79. The zero-order valence-electron chi connectivity index (χ0n) is 16.1. The SMILES string of the molecule is COc1ccccc1CN1CCC(NC(=O)c2csc(-c3ccc(Cl)s3)n2)CC1. The van der Waals surface area contributed by atoms with Gasteiger partial charge in [0.25, 0.3) is 5.91 Å². The molecular weight excluding hydrogens is 426 g/mol. The van der Waals surface area contributed by atoms with Crippen LogP contribution in [0.3, 0.4) is 0 Å². The predicted octanol–water partition coefficient (Wildman–Crippen LogP) is 4.93. The van der Waals surface area contributed by atoms with E-state index in [9.17, 15) is 4.79 Å². The second kappa shape index (κ2) is 9.26. The zero-order chi connectivity index (χ0) is 20.2. The summed E-state index contributed by atoms with van der Waals surface area (Å²) >= 11 is 8.94. The number of rotatable bonds is 6. The lowest BCUT2D eigenvalue weighted by Crippen LogP contribution is -2.44. The highest BCUT2D eigenvalue weighted by Gasteiger charge is 2.23. The van der Waals surface area contributed by atoms with Crippen LogP contribution in [0, 0.1) is 0 Å². The molecule has 1 aliphatic rings. The molecular formula is C21H22ClN3O2S2. The maximum Gasteiger partial charge on any atom is 0.270 e. The quantitative estimate of drug-likeness (QED) is 0.582. The molecule has 4 rings (SSSR count). The molecule has 5 nitrogen and oxygen atoms in total. The smallest absolute Gasteiger partial charge is 0.270 e. The normalized spacial score (nSPS) is 15.4. The van der Waals surface area contributed by atoms with E-state index in [0.717, 1.165) is 52.4 Å². The number of piperidine rings is 1. The molecule has 0 radical (unpaired) electrons. The van der Waals surface area contributed by atoms with Crippen LogP contribution >= 0.6 is 34.3 Å². The number of carbonyl (C=O) groups excluding carboxylic acids is 1. The Morgan fingerprint density at radius 3 is 2.79 bits per heavy atom. The minimum Gasteiger partial charge on any atom is -0.496 e. The molecule has 1 aromatic carbocycles. The Kier molecular flexibility index (Phi) is 6.50. The number of nitrogens with zero attached hydrogens (tertiary/aromatic N) is 2. The number of thiazole rings is 1. The van der Waals surface area contributed by atoms with Gasteiger partial charge in [-0.3, -0.25) is 9.69 Å². The highest BCUT2D eigenvalue weighted by Crippen LogP contribution is 2.33.